The van der Waals surface area contributed by atoms with Crippen LogP contribution in [-0.2, 0) is 0 Å². The van der Waals surface area contributed by atoms with E-state index in [9.17, 15) is 9.59 Å². The fraction of sp³-hybridized carbons (Fsp3) is 0.167. The first-order valence-corrected chi connectivity index (χ1v) is 9.01. The van der Waals surface area contributed by atoms with Gasteiger partial charge in [-0.25, -0.2) is 0 Å². The van der Waals surface area contributed by atoms with Crippen LogP contribution in [0.3, 0.4) is 0 Å². The summed E-state index contributed by atoms with van der Waals surface area (Å²) < 4.78 is 6.23. The van der Waals surface area contributed by atoms with Gasteiger partial charge in [0, 0.05) is 22.8 Å². The average Bonchev–Trinajstić information content (AvgIpc) is 2.62. The Kier molecular flexibility index (Phi) is 7.11. The van der Waals surface area contributed by atoms with Crippen molar-refractivity contribution >= 4 is 50.8 Å². The molecule has 0 saturated carbocycles. The molecule has 2 aromatic carbocycles. The maximum Gasteiger partial charge on any atom is 0.261 e. The quantitative estimate of drug-likeness (QED) is 0.627. The van der Waals surface area contributed by atoms with Gasteiger partial charge >= 0.3 is 0 Å². The van der Waals surface area contributed by atoms with Gasteiger partial charge in [-0.1, -0.05) is 22.0 Å². The second kappa shape index (κ2) is 9.30. The van der Waals surface area contributed by atoms with Crippen LogP contribution in [0.1, 0.15) is 27.6 Å². The highest BCUT2D eigenvalue weighted by atomic mass is 79.9. The van der Waals surface area contributed by atoms with Gasteiger partial charge in [0.05, 0.1) is 12.2 Å². The fourth-order valence-corrected chi connectivity index (χ4v) is 2.75. The van der Waals surface area contributed by atoms with E-state index in [1.54, 1.807) is 49.5 Å². The molecule has 0 aliphatic rings. The molecule has 0 atom stereocenters. The third-order valence-corrected chi connectivity index (χ3v) is 4.02. The normalized spacial score (nSPS) is 9.96. The van der Waals surface area contributed by atoms with Crippen molar-refractivity contribution in [2.24, 2.45) is 0 Å². The van der Waals surface area contributed by atoms with Gasteiger partial charge in [0.25, 0.3) is 11.8 Å². The van der Waals surface area contributed by atoms with E-state index in [0.717, 1.165) is 4.47 Å². The lowest BCUT2D eigenvalue weighted by molar-refractivity contribution is 0.0958. The summed E-state index contributed by atoms with van der Waals surface area (Å²) in [7, 11) is 1.56. The summed E-state index contributed by atoms with van der Waals surface area (Å²) in [6.45, 7) is 2.28. The maximum absolute atomic E-state index is 12.5. The van der Waals surface area contributed by atoms with Crippen molar-refractivity contribution in [3.8, 4) is 5.75 Å². The van der Waals surface area contributed by atoms with Gasteiger partial charge in [0.15, 0.2) is 5.11 Å². The molecule has 0 aliphatic carbocycles. The minimum absolute atomic E-state index is 0.117. The molecule has 8 heteroatoms. The lowest BCUT2D eigenvalue weighted by Crippen LogP contribution is -2.34. The molecule has 0 aromatic heterocycles. The summed E-state index contributed by atoms with van der Waals surface area (Å²) in [5, 5.41) is 8.18. The highest BCUT2D eigenvalue weighted by Crippen LogP contribution is 2.23. The molecule has 26 heavy (non-hydrogen) atoms. The number of nitrogens with one attached hydrogen (secondary N) is 3. The smallest absolute Gasteiger partial charge is 0.261 e. The summed E-state index contributed by atoms with van der Waals surface area (Å²) >= 11 is 8.54. The van der Waals surface area contributed by atoms with Gasteiger partial charge in [-0.15, -0.1) is 0 Å². The van der Waals surface area contributed by atoms with Crippen LogP contribution in [-0.4, -0.2) is 30.6 Å². The van der Waals surface area contributed by atoms with Crippen LogP contribution in [0.4, 0.5) is 5.69 Å². The molecule has 0 heterocycles. The zero-order valence-electron chi connectivity index (χ0n) is 14.3. The van der Waals surface area contributed by atoms with Gasteiger partial charge in [-0.2, -0.15) is 0 Å². The number of halogens is 1. The molecule has 6 nitrogen and oxygen atoms in total. The van der Waals surface area contributed by atoms with E-state index in [4.69, 9.17) is 17.0 Å². The van der Waals surface area contributed by atoms with E-state index < -0.39 is 5.91 Å². The van der Waals surface area contributed by atoms with Crippen molar-refractivity contribution in [1.29, 1.82) is 0 Å². The number of thiocarbonyl (C=S) groups is 1. The third kappa shape index (κ3) is 5.27. The van der Waals surface area contributed by atoms with Gasteiger partial charge < -0.3 is 15.4 Å². The van der Waals surface area contributed by atoms with Gasteiger partial charge in [-0.05, 0) is 55.5 Å². The molecule has 0 spiro atoms. The van der Waals surface area contributed by atoms with Crippen molar-refractivity contribution < 1.29 is 14.3 Å². The molecule has 0 fully saturated rings. The van der Waals surface area contributed by atoms with Crippen molar-refractivity contribution in [2.45, 2.75) is 6.92 Å². The molecule has 2 aromatic rings. The second-order valence-corrected chi connectivity index (χ2v) is 6.47. The Morgan fingerprint density at radius 2 is 1.92 bits per heavy atom. The van der Waals surface area contributed by atoms with E-state index >= 15 is 0 Å². The second-order valence-electron chi connectivity index (χ2n) is 5.14. The molecular weight excluding hydrogens is 418 g/mol. The van der Waals surface area contributed by atoms with Crippen molar-refractivity contribution in [1.82, 2.24) is 10.6 Å². The Balaban J connectivity index is 2.10. The van der Waals surface area contributed by atoms with Crippen LogP contribution in [0.5, 0.6) is 5.75 Å². The first-order chi connectivity index (χ1) is 12.4. The maximum atomic E-state index is 12.5. The SMILES string of the molecule is CCOc1ccc(Br)cc1C(=O)NC(=S)Nc1cccc(C(=O)NC)c1. The first-order valence-electron chi connectivity index (χ1n) is 7.81. The number of benzene rings is 2. The van der Waals surface area contributed by atoms with Crippen LogP contribution in [0, 0.1) is 0 Å². The Hall–Kier alpha value is -2.45. The molecular formula is C18H18BrN3O3S. The molecule has 0 radical (unpaired) electrons. The first kappa shape index (κ1) is 19.9. The number of anilines is 1. The van der Waals surface area contributed by atoms with Crippen molar-refractivity contribution in [2.75, 3.05) is 19.0 Å². The predicted molar refractivity (Wildman–Crippen MR) is 109 cm³/mol. The predicted octanol–water partition coefficient (Wildman–Crippen LogP) is 3.33. The average molecular weight is 436 g/mol. The Bertz CT molecular complexity index is 842. The molecule has 0 saturated heterocycles. The number of carbonyl (C=O) groups is 2. The zero-order valence-corrected chi connectivity index (χ0v) is 16.7. The Morgan fingerprint density at radius 3 is 2.62 bits per heavy atom. The number of amides is 2. The summed E-state index contributed by atoms with van der Waals surface area (Å²) in [6, 6.07) is 12.0. The summed E-state index contributed by atoms with van der Waals surface area (Å²) in [5.41, 5.74) is 1.44. The lowest BCUT2D eigenvalue weighted by atomic mass is 10.2. The number of hydrogen-bond donors (Lipinski definition) is 3. The van der Waals surface area contributed by atoms with Crippen LogP contribution < -0.4 is 20.7 Å². The molecule has 0 aliphatic heterocycles. The van der Waals surface area contributed by atoms with Crippen LogP contribution in [0.25, 0.3) is 0 Å². The number of rotatable bonds is 5. The molecule has 2 rings (SSSR count). The zero-order chi connectivity index (χ0) is 19.1. The summed E-state index contributed by atoms with van der Waals surface area (Å²) in [6.07, 6.45) is 0. The van der Waals surface area contributed by atoms with Crippen molar-refractivity contribution in [3.05, 3.63) is 58.1 Å². The van der Waals surface area contributed by atoms with Crippen molar-refractivity contribution in [3.63, 3.8) is 0 Å². The minimum Gasteiger partial charge on any atom is -0.493 e. The third-order valence-electron chi connectivity index (χ3n) is 3.32. The molecule has 0 bridgehead atoms. The standard InChI is InChI=1S/C18H18BrN3O3S/c1-3-25-15-8-7-12(19)10-14(15)17(24)22-18(26)21-13-6-4-5-11(9-13)16(23)20-2/h4-10H,3H2,1-2H3,(H,20,23)(H2,21,22,24,26). The number of hydrogen-bond acceptors (Lipinski definition) is 4. The van der Waals surface area contributed by atoms with E-state index in [1.807, 2.05) is 6.92 Å². The van der Waals surface area contributed by atoms with Gasteiger partial charge in [0.2, 0.25) is 0 Å². The molecule has 136 valence electrons. The monoisotopic (exact) mass is 435 g/mol. The largest absolute Gasteiger partial charge is 0.493 e. The van der Waals surface area contributed by atoms with Gasteiger partial charge in [-0.3, -0.25) is 14.9 Å². The highest BCUT2D eigenvalue weighted by molar-refractivity contribution is 9.10. The fourth-order valence-electron chi connectivity index (χ4n) is 2.18. The van der Waals surface area contributed by atoms with Gasteiger partial charge in [0.1, 0.15) is 5.75 Å². The van der Waals surface area contributed by atoms with Crippen LogP contribution >= 0.6 is 28.1 Å². The summed E-state index contributed by atoms with van der Waals surface area (Å²) in [4.78, 5) is 24.2. The van der Waals surface area contributed by atoms with E-state index in [-0.39, 0.29) is 11.0 Å². The van der Waals surface area contributed by atoms with Crippen LogP contribution in [0.2, 0.25) is 0 Å². The Labute approximate surface area is 165 Å². The molecule has 0 unspecified atom stereocenters. The molecule has 3 N–H and O–H groups in total. The number of carbonyl (C=O) groups excluding carboxylic acids is 2. The topological polar surface area (TPSA) is 79.5 Å². The lowest BCUT2D eigenvalue weighted by Gasteiger charge is -2.13. The molecule has 2 amide bonds. The highest BCUT2D eigenvalue weighted by Gasteiger charge is 2.15. The van der Waals surface area contributed by atoms with E-state index in [0.29, 0.717) is 29.2 Å². The van der Waals surface area contributed by atoms with E-state index in [2.05, 4.69) is 31.9 Å². The van der Waals surface area contributed by atoms with Crippen LogP contribution in [0.15, 0.2) is 46.9 Å². The minimum atomic E-state index is -0.394. The number of ether oxygens (including phenoxy) is 1. The van der Waals surface area contributed by atoms with E-state index in [1.165, 1.54) is 0 Å². The Morgan fingerprint density at radius 1 is 1.15 bits per heavy atom. The summed E-state index contributed by atoms with van der Waals surface area (Å²) in [5.74, 6) is -0.133.